The minimum Gasteiger partial charge on any atom is -0.496 e. The second kappa shape index (κ2) is 6.19. The fourth-order valence-corrected chi connectivity index (χ4v) is 3.59. The molecule has 0 unspecified atom stereocenters. The number of anilines is 1. The van der Waals surface area contributed by atoms with Gasteiger partial charge in [0, 0.05) is 23.8 Å². The van der Waals surface area contributed by atoms with Crippen LogP contribution in [0.15, 0.2) is 12.1 Å². The van der Waals surface area contributed by atoms with Gasteiger partial charge < -0.3 is 14.7 Å². The number of benzene rings is 1. The fraction of sp³-hybridized carbons (Fsp3) is 0.611. The summed E-state index contributed by atoms with van der Waals surface area (Å²) in [5.74, 6) is -0.152. The Hall–Kier alpha value is -1.71. The van der Waals surface area contributed by atoms with Gasteiger partial charge in [-0.15, -0.1) is 0 Å². The number of methoxy groups -OCH3 is 1. The van der Waals surface area contributed by atoms with Gasteiger partial charge in [0.1, 0.15) is 11.3 Å². The molecular formula is C18H27NO3. The first-order valence-electron chi connectivity index (χ1n) is 8.04. The zero-order valence-corrected chi connectivity index (χ0v) is 14.3. The van der Waals surface area contributed by atoms with Gasteiger partial charge in [0.15, 0.2) is 0 Å². The molecule has 0 aliphatic carbocycles. The molecule has 4 heteroatoms. The van der Waals surface area contributed by atoms with Crippen LogP contribution in [0.1, 0.15) is 68.8 Å². The normalized spacial score (nSPS) is 19.7. The summed E-state index contributed by atoms with van der Waals surface area (Å²) in [7, 11) is 1.53. The molecule has 0 fully saturated rings. The molecule has 1 heterocycles. The molecule has 22 heavy (non-hydrogen) atoms. The lowest BCUT2D eigenvalue weighted by Gasteiger charge is -2.48. The highest BCUT2D eigenvalue weighted by Crippen LogP contribution is 2.45. The number of hydrogen-bond acceptors (Lipinski definition) is 3. The second-order valence-electron chi connectivity index (χ2n) is 6.84. The number of ether oxygens (including phenoxy) is 1. The summed E-state index contributed by atoms with van der Waals surface area (Å²) < 4.78 is 5.32. The van der Waals surface area contributed by atoms with Gasteiger partial charge in [-0.2, -0.15) is 0 Å². The maximum absolute atomic E-state index is 11.5. The van der Waals surface area contributed by atoms with Crippen LogP contribution < -0.4 is 9.64 Å². The summed E-state index contributed by atoms with van der Waals surface area (Å²) in [5.41, 5.74) is 2.56. The van der Waals surface area contributed by atoms with Crippen LogP contribution in [0.2, 0.25) is 0 Å². The van der Waals surface area contributed by atoms with Crippen molar-refractivity contribution in [2.24, 2.45) is 0 Å². The van der Waals surface area contributed by atoms with Gasteiger partial charge in [0.05, 0.1) is 7.11 Å². The molecule has 0 spiro atoms. The molecule has 0 saturated carbocycles. The summed E-state index contributed by atoms with van der Waals surface area (Å²) in [5, 5.41) is 9.40. The third kappa shape index (κ3) is 2.92. The molecule has 0 bridgehead atoms. The number of unbranched alkanes of at least 4 members (excludes halogenated alkanes) is 1. The molecule has 2 rings (SSSR count). The maximum atomic E-state index is 11.5. The Labute approximate surface area is 133 Å². The topological polar surface area (TPSA) is 49.8 Å². The number of nitrogens with zero attached hydrogens (tertiary/aromatic N) is 1. The van der Waals surface area contributed by atoms with Crippen LogP contribution in [0.3, 0.4) is 0 Å². The fourth-order valence-electron chi connectivity index (χ4n) is 3.59. The summed E-state index contributed by atoms with van der Waals surface area (Å²) >= 11 is 0. The van der Waals surface area contributed by atoms with Crippen LogP contribution in [0, 0.1) is 0 Å². The van der Waals surface area contributed by atoms with E-state index in [9.17, 15) is 9.90 Å². The van der Waals surface area contributed by atoms with Crippen molar-refractivity contribution < 1.29 is 14.6 Å². The Bertz CT molecular complexity index is 566. The Morgan fingerprint density at radius 3 is 2.68 bits per heavy atom. The lowest BCUT2D eigenvalue weighted by Crippen LogP contribution is -2.48. The standard InChI is InChI=1S/C18H27NO3/c1-6-7-8-19-15-10-16(22-5)14(17(20)21)9-13(15)12(2)11-18(19,3)4/h9-10,12H,6-8,11H2,1-5H3,(H,20,21)/t12-/m0/s1. The predicted octanol–water partition coefficient (Wildman–Crippen LogP) is 4.29. The molecular weight excluding hydrogens is 278 g/mol. The minimum absolute atomic E-state index is 0.0668. The van der Waals surface area contributed by atoms with Crippen molar-refractivity contribution in [3.63, 3.8) is 0 Å². The van der Waals surface area contributed by atoms with Crippen molar-refractivity contribution in [3.05, 3.63) is 23.3 Å². The molecule has 4 nitrogen and oxygen atoms in total. The molecule has 0 radical (unpaired) electrons. The number of fused-ring (bicyclic) bond motifs is 1. The van der Waals surface area contributed by atoms with Crippen LogP contribution in [-0.4, -0.2) is 30.3 Å². The summed E-state index contributed by atoms with van der Waals surface area (Å²) in [6.45, 7) is 9.88. The van der Waals surface area contributed by atoms with Crippen LogP contribution >= 0.6 is 0 Å². The Balaban J connectivity index is 2.57. The molecule has 1 aliphatic rings. The second-order valence-corrected chi connectivity index (χ2v) is 6.84. The first-order valence-corrected chi connectivity index (χ1v) is 8.04. The van der Waals surface area contributed by atoms with Crippen LogP contribution in [0.4, 0.5) is 5.69 Å². The molecule has 1 atom stereocenters. The lowest BCUT2D eigenvalue weighted by molar-refractivity contribution is 0.0693. The van der Waals surface area contributed by atoms with E-state index in [0.717, 1.165) is 37.1 Å². The van der Waals surface area contributed by atoms with Crippen molar-refractivity contribution in [1.29, 1.82) is 0 Å². The van der Waals surface area contributed by atoms with Gasteiger partial charge in [-0.25, -0.2) is 4.79 Å². The van der Waals surface area contributed by atoms with Crippen molar-refractivity contribution in [2.75, 3.05) is 18.6 Å². The van der Waals surface area contributed by atoms with E-state index < -0.39 is 5.97 Å². The Morgan fingerprint density at radius 1 is 1.45 bits per heavy atom. The summed E-state index contributed by atoms with van der Waals surface area (Å²) in [6.07, 6.45) is 3.29. The molecule has 122 valence electrons. The van der Waals surface area contributed by atoms with E-state index in [0.29, 0.717) is 11.7 Å². The third-order valence-electron chi connectivity index (χ3n) is 4.67. The molecule has 1 aliphatic heterocycles. The van der Waals surface area contributed by atoms with Gasteiger partial charge in [0.25, 0.3) is 0 Å². The quantitative estimate of drug-likeness (QED) is 0.882. The van der Waals surface area contributed by atoms with Crippen LogP contribution in [0.5, 0.6) is 5.75 Å². The maximum Gasteiger partial charge on any atom is 0.339 e. The van der Waals surface area contributed by atoms with Gasteiger partial charge in [-0.1, -0.05) is 20.3 Å². The first kappa shape index (κ1) is 16.7. The van der Waals surface area contributed by atoms with Gasteiger partial charge in [-0.3, -0.25) is 0 Å². The first-order chi connectivity index (χ1) is 10.3. The monoisotopic (exact) mass is 305 g/mol. The predicted molar refractivity (Wildman–Crippen MR) is 89.3 cm³/mol. The largest absolute Gasteiger partial charge is 0.496 e. The molecule has 1 N–H and O–H groups in total. The van der Waals surface area contributed by atoms with E-state index in [1.807, 2.05) is 6.07 Å². The number of hydrogen-bond donors (Lipinski definition) is 1. The zero-order valence-electron chi connectivity index (χ0n) is 14.3. The molecule has 0 amide bonds. The third-order valence-corrected chi connectivity index (χ3v) is 4.67. The van der Waals surface area contributed by atoms with Crippen molar-refractivity contribution >= 4 is 11.7 Å². The van der Waals surface area contributed by atoms with Crippen molar-refractivity contribution in [2.45, 2.75) is 58.4 Å². The lowest BCUT2D eigenvalue weighted by atomic mass is 9.79. The van der Waals surface area contributed by atoms with E-state index in [4.69, 9.17) is 4.74 Å². The number of rotatable bonds is 5. The average Bonchev–Trinajstić information content (AvgIpc) is 2.44. The van der Waals surface area contributed by atoms with E-state index in [-0.39, 0.29) is 11.1 Å². The van der Waals surface area contributed by atoms with Gasteiger partial charge in [0.2, 0.25) is 0 Å². The van der Waals surface area contributed by atoms with Crippen LogP contribution in [0.25, 0.3) is 0 Å². The van der Waals surface area contributed by atoms with E-state index in [1.54, 1.807) is 6.07 Å². The number of carbonyl (C=O) groups is 1. The summed E-state index contributed by atoms with van der Waals surface area (Å²) in [4.78, 5) is 13.9. The minimum atomic E-state index is -0.934. The number of carboxylic acids is 1. The highest BCUT2D eigenvalue weighted by molar-refractivity contribution is 5.92. The molecule has 0 aromatic heterocycles. The summed E-state index contributed by atoms with van der Waals surface area (Å²) in [6, 6.07) is 3.71. The molecule has 1 aromatic carbocycles. The zero-order chi connectivity index (χ0) is 16.5. The highest BCUT2D eigenvalue weighted by Gasteiger charge is 2.37. The Kier molecular flexibility index (Phi) is 4.69. The Morgan fingerprint density at radius 2 is 2.14 bits per heavy atom. The van der Waals surface area contributed by atoms with Gasteiger partial charge in [-0.05, 0) is 44.2 Å². The van der Waals surface area contributed by atoms with Crippen LogP contribution in [-0.2, 0) is 0 Å². The van der Waals surface area contributed by atoms with E-state index in [1.165, 1.54) is 7.11 Å². The number of aromatic carboxylic acids is 1. The smallest absolute Gasteiger partial charge is 0.339 e. The average molecular weight is 305 g/mol. The molecule has 1 aromatic rings. The van der Waals surface area contributed by atoms with Gasteiger partial charge >= 0.3 is 5.97 Å². The molecule has 0 saturated heterocycles. The van der Waals surface area contributed by atoms with Crippen molar-refractivity contribution in [3.8, 4) is 5.75 Å². The SMILES string of the molecule is CCCCN1c2cc(OC)c(C(=O)O)cc2[C@@H](C)CC1(C)C. The van der Waals surface area contributed by atoms with E-state index in [2.05, 4.69) is 32.6 Å². The highest BCUT2D eigenvalue weighted by atomic mass is 16.5. The number of carboxylic acid groups (broad SMARTS) is 1. The van der Waals surface area contributed by atoms with Crippen molar-refractivity contribution in [1.82, 2.24) is 0 Å². The van der Waals surface area contributed by atoms with E-state index >= 15 is 0 Å².